The molecule has 2 heterocycles. The number of benzene rings is 2. The van der Waals surface area contributed by atoms with Gasteiger partial charge in [0.1, 0.15) is 17.6 Å². The van der Waals surface area contributed by atoms with Gasteiger partial charge >= 0.3 is 0 Å². The number of rotatable bonds is 9. The minimum atomic E-state index is -0.475. The van der Waals surface area contributed by atoms with E-state index in [1.165, 1.54) is 0 Å². The van der Waals surface area contributed by atoms with Crippen molar-refractivity contribution in [3.8, 4) is 11.4 Å². The molecule has 1 aromatic heterocycles. The fourth-order valence-corrected chi connectivity index (χ4v) is 4.78. The number of ether oxygens (including phenoxy) is 2. The lowest BCUT2D eigenvalue weighted by molar-refractivity contribution is -0.121. The normalized spacial score (nSPS) is 14.6. The summed E-state index contributed by atoms with van der Waals surface area (Å²) in [5.41, 5.74) is 3.57. The number of hydrogen-bond donors (Lipinski definition) is 1. The Kier molecular flexibility index (Phi) is 7.64. The molecule has 0 aliphatic carbocycles. The summed E-state index contributed by atoms with van der Waals surface area (Å²) < 4.78 is 12.7. The number of hydrogen-bond acceptors (Lipinski definition) is 7. The van der Waals surface area contributed by atoms with E-state index in [2.05, 4.69) is 39.8 Å². The molecule has 34 heavy (non-hydrogen) atoms. The monoisotopic (exact) mass is 479 g/mol. The van der Waals surface area contributed by atoms with Crippen molar-refractivity contribution < 1.29 is 14.3 Å². The molecule has 0 saturated carbocycles. The number of aromatic nitrogens is 3. The molecule has 178 valence electrons. The van der Waals surface area contributed by atoms with Crippen molar-refractivity contribution in [1.29, 1.82) is 0 Å². The first kappa shape index (κ1) is 24.0. The molecular formula is C25H29N5O3S. The van der Waals surface area contributed by atoms with E-state index < -0.39 is 6.04 Å². The van der Waals surface area contributed by atoms with Crippen LogP contribution in [0.4, 0.5) is 0 Å². The number of nitrogens with one attached hydrogen (secondary N) is 1. The molecule has 0 spiro atoms. The van der Waals surface area contributed by atoms with Gasteiger partial charge in [0.05, 0.1) is 31.5 Å². The quantitative estimate of drug-likeness (QED) is 0.371. The van der Waals surface area contributed by atoms with Gasteiger partial charge in [0.15, 0.2) is 5.82 Å². The first-order valence-electron chi connectivity index (χ1n) is 11.2. The largest absolute Gasteiger partial charge is 0.497 e. The van der Waals surface area contributed by atoms with Crippen molar-refractivity contribution in [3.63, 3.8) is 0 Å². The number of nitrogens with zero attached hydrogens (tertiary/aromatic N) is 4. The highest BCUT2D eigenvalue weighted by Crippen LogP contribution is 2.34. The predicted octanol–water partition coefficient (Wildman–Crippen LogP) is 3.74. The minimum absolute atomic E-state index is 0.0729. The Labute approximate surface area is 203 Å². The van der Waals surface area contributed by atoms with Crippen LogP contribution in [-0.2, 0) is 9.53 Å². The van der Waals surface area contributed by atoms with Crippen molar-refractivity contribution in [3.05, 3.63) is 65.2 Å². The minimum Gasteiger partial charge on any atom is -0.497 e. The Hall–Kier alpha value is -3.17. The molecule has 3 aromatic rings. The van der Waals surface area contributed by atoms with Gasteiger partial charge in [0.25, 0.3) is 0 Å². The standard InChI is InChI=1S/C25H29N5O3S/c1-5-26-23(31)15-21-25-29-28-16(2)30(25)22-11-8-18(33-4)14-20(22)24(27-21)17-6-9-19(10-7-17)34-13-12-32-3/h6-11,14,21H,5,12-13,15H2,1-4H3,(H,26,31)/t21-/m0/s1. The number of amides is 1. The zero-order valence-electron chi connectivity index (χ0n) is 19.9. The summed E-state index contributed by atoms with van der Waals surface area (Å²) in [5.74, 6) is 2.93. The first-order chi connectivity index (χ1) is 16.5. The molecular weight excluding hydrogens is 450 g/mol. The molecule has 1 aliphatic heterocycles. The topological polar surface area (TPSA) is 90.6 Å². The van der Waals surface area contributed by atoms with E-state index in [0.717, 1.165) is 44.7 Å². The average Bonchev–Trinajstić information content (AvgIpc) is 3.17. The van der Waals surface area contributed by atoms with E-state index in [4.69, 9.17) is 14.5 Å². The summed E-state index contributed by atoms with van der Waals surface area (Å²) in [6.45, 7) is 5.07. The maximum Gasteiger partial charge on any atom is 0.222 e. The SMILES string of the molecule is CCNC(=O)C[C@@H]1N=C(c2ccc(SCCOC)cc2)c2cc(OC)ccc2-n2c(C)nnc21. The number of fused-ring (bicyclic) bond motifs is 3. The van der Waals surface area contributed by atoms with Crippen LogP contribution in [0.2, 0.25) is 0 Å². The van der Waals surface area contributed by atoms with E-state index in [9.17, 15) is 4.79 Å². The van der Waals surface area contributed by atoms with Crippen LogP contribution in [0.1, 0.15) is 42.2 Å². The second kappa shape index (κ2) is 10.8. The summed E-state index contributed by atoms with van der Waals surface area (Å²) in [6.07, 6.45) is 0.186. The summed E-state index contributed by atoms with van der Waals surface area (Å²) in [5, 5.41) is 11.6. The maximum atomic E-state index is 12.6. The molecule has 0 fully saturated rings. The van der Waals surface area contributed by atoms with Crippen LogP contribution in [0.3, 0.4) is 0 Å². The van der Waals surface area contributed by atoms with Gasteiger partial charge < -0.3 is 14.8 Å². The van der Waals surface area contributed by atoms with Gasteiger partial charge in [0, 0.05) is 35.4 Å². The van der Waals surface area contributed by atoms with Crippen LogP contribution < -0.4 is 10.1 Å². The predicted molar refractivity (Wildman–Crippen MR) is 133 cm³/mol. The van der Waals surface area contributed by atoms with Crippen LogP contribution in [0.25, 0.3) is 5.69 Å². The maximum absolute atomic E-state index is 12.6. The lowest BCUT2D eigenvalue weighted by atomic mass is 10.00. The third-order valence-electron chi connectivity index (χ3n) is 5.57. The molecule has 0 radical (unpaired) electrons. The number of aryl methyl sites for hydroxylation is 1. The first-order valence-corrected chi connectivity index (χ1v) is 12.2. The van der Waals surface area contributed by atoms with Gasteiger partial charge in [-0.05, 0) is 44.2 Å². The van der Waals surface area contributed by atoms with Crippen molar-refractivity contribution in [2.45, 2.75) is 31.2 Å². The molecule has 4 rings (SSSR count). The Balaban J connectivity index is 1.83. The van der Waals surface area contributed by atoms with Gasteiger partial charge in [0.2, 0.25) is 5.91 Å². The molecule has 0 bridgehead atoms. The fraction of sp³-hybridized carbons (Fsp3) is 0.360. The smallest absolute Gasteiger partial charge is 0.222 e. The Morgan fingerprint density at radius 1 is 1.15 bits per heavy atom. The molecule has 1 atom stereocenters. The second-order valence-electron chi connectivity index (χ2n) is 7.84. The lowest BCUT2D eigenvalue weighted by Crippen LogP contribution is -2.25. The third-order valence-corrected chi connectivity index (χ3v) is 6.55. The van der Waals surface area contributed by atoms with E-state index in [1.54, 1.807) is 26.0 Å². The van der Waals surface area contributed by atoms with Gasteiger partial charge in [-0.3, -0.25) is 14.4 Å². The summed E-state index contributed by atoms with van der Waals surface area (Å²) in [4.78, 5) is 18.8. The van der Waals surface area contributed by atoms with Crippen molar-refractivity contribution in [1.82, 2.24) is 20.1 Å². The van der Waals surface area contributed by atoms with E-state index in [-0.39, 0.29) is 12.3 Å². The number of thioether (sulfide) groups is 1. The number of aliphatic imine (C=N–C) groups is 1. The second-order valence-corrected chi connectivity index (χ2v) is 9.01. The summed E-state index contributed by atoms with van der Waals surface area (Å²) in [7, 11) is 3.35. The van der Waals surface area contributed by atoms with E-state index in [0.29, 0.717) is 19.0 Å². The Bertz CT molecular complexity index is 1190. The summed E-state index contributed by atoms with van der Waals surface area (Å²) >= 11 is 1.74. The van der Waals surface area contributed by atoms with Gasteiger partial charge in [-0.2, -0.15) is 0 Å². The summed E-state index contributed by atoms with van der Waals surface area (Å²) in [6, 6.07) is 13.7. The highest BCUT2D eigenvalue weighted by Gasteiger charge is 2.29. The van der Waals surface area contributed by atoms with Gasteiger partial charge in [-0.25, -0.2) is 0 Å². The molecule has 1 N–H and O–H groups in total. The molecule has 8 nitrogen and oxygen atoms in total. The van der Waals surface area contributed by atoms with Gasteiger partial charge in [-0.1, -0.05) is 12.1 Å². The third kappa shape index (κ3) is 5.00. The molecule has 0 unspecified atom stereocenters. The van der Waals surface area contributed by atoms with Crippen LogP contribution in [0.15, 0.2) is 52.4 Å². The molecule has 9 heteroatoms. The van der Waals surface area contributed by atoms with Crippen LogP contribution in [0.5, 0.6) is 5.75 Å². The van der Waals surface area contributed by atoms with E-state index in [1.807, 2.05) is 36.6 Å². The Morgan fingerprint density at radius 3 is 2.65 bits per heavy atom. The zero-order valence-corrected chi connectivity index (χ0v) is 20.7. The number of carbonyl (C=O) groups excluding carboxylic acids is 1. The molecule has 0 saturated heterocycles. The highest BCUT2D eigenvalue weighted by molar-refractivity contribution is 7.99. The van der Waals surface area contributed by atoms with Crippen molar-refractivity contribution >= 4 is 23.4 Å². The number of methoxy groups -OCH3 is 2. The Morgan fingerprint density at radius 2 is 1.94 bits per heavy atom. The lowest BCUT2D eigenvalue weighted by Gasteiger charge is -2.14. The number of carbonyl (C=O) groups is 1. The molecule has 2 aromatic carbocycles. The van der Waals surface area contributed by atoms with Gasteiger partial charge in [-0.15, -0.1) is 22.0 Å². The van der Waals surface area contributed by atoms with Crippen LogP contribution >= 0.6 is 11.8 Å². The average molecular weight is 480 g/mol. The van der Waals surface area contributed by atoms with Crippen LogP contribution in [0, 0.1) is 6.92 Å². The van der Waals surface area contributed by atoms with E-state index >= 15 is 0 Å². The molecule has 1 amide bonds. The molecule has 1 aliphatic rings. The fourth-order valence-electron chi connectivity index (χ4n) is 3.97. The van der Waals surface area contributed by atoms with Crippen molar-refractivity contribution in [2.75, 3.05) is 33.1 Å². The van der Waals surface area contributed by atoms with Crippen molar-refractivity contribution in [2.24, 2.45) is 4.99 Å². The zero-order chi connectivity index (χ0) is 24.1. The highest BCUT2D eigenvalue weighted by atomic mass is 32.2. The van der Waals surface area contributed by atoms with Crippen LogP contribution in [-0.4, -0.2) is 59.5 Å².